The Morgan fingerprint density at radius 2 is 1.97 bits per heavy atom. The van der Waals surface area contributed by atoms with Crippen molar-refractivity contribution in [2.75, 3.05) is 44.9 Å². The number of nitrogens with one attached hydrogen (secondary N) is 1. The fourth-order valence-electron chi connectivity index (χ4n) is 4.42. The zero-order valence-electron chi connectivity index (χ0n) is 17.8. The summed E-state index contributed by atoms with van der Waals surface area (Å²) in [6, 6.07) is 16.7. The van der Waals surface area contributed by atoms with E-state index in [2.05, 4.69) is 39.5 Å². The molecule has 1 saturated heterocycles. The Labute approximate surface area is 182 Å². The first-order valence-corrected chi connectivity index (χ1v) is 10.9. The number of morpholine rings is 1. The number of carbonyl (C=O) groups is 1. The minimum absolute atomic E-state index is 0.191. The average molecular weight is 421 g/mol. The van der Waals surface area contributed by atoms with E-state index in [0.29, 0.717) is 37.6 Å². The molecule has 2 unspecified atom stereocenters. The Balaban J connectivity index is 1.28. The molecule has 0 spiro atoms. The van der Waals surface area contributed by atoms with Crippen LogP contribution >= 0.6 is 0 Å². The lowest BCUT2D eigenvalue weighted by Crippen LogP contribution is -2.36. The van der Waals surface area contributed by atoms with E-state index >= 15 is 0 Å². The van der Waals surface area contributed by atoms with Gasteiger partial charge >= 0.3 is 12.0 Å². The Kier molecular flexibility index (Phi) is 5.51. The SMILES string of the molecule is COc1nc2ccc(N3CCOCC3)cc2n1C(=O)NCC1CC1Cc1ccccc1. The molecule has 2 fully saturated rings. The molecule has 31 heavy (non-hydrogen) atoms. The van der Waals surface area contributed by atoms with Gasteiger partial charge in [0.25, 0.3) is 0 Å². The molecule has 3 aromatic rings. The third-order valence-corrected chi connectivity index (χ3v) is 6.29. The Morgan fingerprint density at radius 3 is 2.74 bits per heavy atom. The maximum absolute atomic E-state index is 13.1. The van der Waals surface area contributed by atoms with E-state index in [1.165, 1.54) is 5.56 Å². The number of amides is 1. The predicted octanol–water partition coefficient (Wildman–Crippen LogP) is 3.32. The molecule has 2 aromatic carbocycles. The van der Waals surface area contributed by atoms with Crippen molar-refractivity contribution in [2.24, 2.45) is 11.8 Å². The van der Waals surface area contributed by atoms with Crippen LogP contribution in [0, 0.1) is 11.8 Å². The largest absolute Gasteiger partial charge is 0.468 e. The highest BCUT2D eigenvalue weighted by Crippen LogP contribution is 2.40. The zero-order valence-corrected chi connectivity index (χ0v) is 17.8. The highest BCUT2D eigenvalue weighted by molar-refractivity contribution is 5.92. The van der Waals surface area contributed by atoms with Crippen molar-refractivity contribution >= 4 is 22.8 Å². The van der Waals surface area contributed by atoms with Crippen LogP contribution in [0.5, 0.6) is 6.01 Å². The Hall–Kier alpha value is -3.06. The summed E-state index contributed by atoms with van der Waals surface area (Å²) >= 11 is 0. The Bertz CT molecular complexity index is 1060. The highest BCUT2D eigenvalue weighted by Gasteiger charge is 2.37. The molecule has 1 aliphatic heterocycles. The van der Waals surface area contributed by atoms with Crippen LogP contribution in [0.15, 0.2) is 48.5 Å². The number of aromatic nitrogens is 2. The summed E-state index contributed by atoms with van der Waals surface area (Å²) in [7, 11) is 1.55. The van der Waals surface area contributed by atoms with E-state index in [4.69, 9.17) is 9.47 Å². The second kappa shape index (κ2) is 8.59. The van der Waals surface area contributed by atoms with Crippen molar-refractivity contribution in [2.45, 2.75) is 12.8 Å². The quantitative estimate of drug-likeness (QED) is 0.663. The first-order valence-electron chi connectivity index (χ1n) is 10.9. The van der Waals surface area contributed by atoms with Crippen molar-refractivity contribution in [1.82, 2.24) is 14.9 Å². The van der Waals surface area contributed by atoms with Crippen LogP contribution in [-0.4, -0.2) is 55.5 Å². The standard InChI is InChI=1S/C24H28N4O3/c1-30-24-26-21-8-7-20(27-9-11-31-12-10-27)15-22(21)28(24)23(29)25-16-19-14-18(19)13-17-5-3-2-4-6-17/h2-8,15,18-19H,9-14,16H2,1H3,(H,25,29). The molecule has 5 rings (SSSR count). The normalized spacial score (nSPS) is 20.6. The first-order chi connectivity index (χ1) is 15.2. The summed E-state index contributed by atoms with van der Waals surface area (Å²) in [5.41, 5.74) is 3.93. The maximum atomic E-state index is 13.1. The molecule has 2 aliphatic rings. The molecule has 2 heterocycles. The minimum atomic E-state index is -0.191. The van der Waals surface area contributed by atoms with Gasteiger partial charge in [-0.2, -0.15) is 4.98 Å². The molecule has 1 amide bonds. The van der Waals surface area contributed by atoms with Gasteiger partial charge < -0.3 is 19.7 Å². The van der Waals surface area contributed by atoms with E-state index < -0.39 is 0 Å². The molecule has 7 nitrogen and oxygen atoms in total. The summed E-state index contributed by atoms with van der Waals surface area (Å²) in [5, 5.41) is 3.10. The van der Waals surface area contributed by atoms with Crippen molar-refractivity contribution in [3.05, 3.63) is 54.1 Å². The number of imidazole rings is 1. The molecule has 1 aromatic heterocycles. The van der Waals surface area contributed by atoms with Gasteiger partial charge in [-0.05, 0) is 48.4 Å². The van der Waals surface area contributed by atoms with Gasteiger partial charge in [0, 0.05) is 25.3 Å². The third kappa shape index (κ3) is 4.23. The van der Waals surface area contributed by atoms with Crippen molar-refractivity contribution in [3.63, 3.8) is 0 Å². The van der Waals surface area contributed by atoms with Gasteiger partial charge in [-0.1, -0.05) is 30.3 Å². The van der Waals surface area contributed by atoms with Gasteiger partial charge in [0.05, 0.1) is 31.4 Å². The summed E-state index contributed by atoms with van der Waals surface area (Å²) in [4.78, 5) is 19.8. The van der Waals surface area contributed by atoms with Gasteiger partial charge in [0.2, 0.25) is 0 Å². The number of carbonyl (C=O) groups excluding carboxylic acids is 1. The molecule has 7 heteroatoms. The molecular weight excluding hydrogens is 392 g/mol. The number of anilines is 1. The summed E-state index contributed by atoms with van der Waals surface area (Å²) < 4.78 is 12.4. The molecule has 1 aliphatic carbocycles. The third-order valence-electron chi connectivity index (χ3n) is 6.29. The van der Waals surface area contributed by atoms with Gasteiger partial charge in [-0.15, -0.1) is 0 Å². The van der Waals surface area contributed by atoms with Crippen LogP contribution < -0.4 is 15.0 Å². The molecule has 1 N–H and O–H groups in total. The molecular formula is C24H28N4O3. The first kappa shape index (κ1) is 19.9. The summed E-state index contributed by atoms with van der Waals surface area (Å²) in [6.07, 6.45) is 2.22. The lowest BCUT2D eigenvalue weighted by Gasteiger charge is -2.28. The number of ether oxygens (including phenoxy) is 2. The molecule has 2 atom stereocenters. The van der Waals surface area contributed by atoms with Gasteiger partial charge in [-0.25, -0.2) is 9.36 Å². The number of rotatable bonds is 6. The predicted molar refractivity (Wildman–Crippen MR) is 120 cm³/mol. The highest BCUT2D eigenvalue weighted by atomic mass is 16.5. The van der Waals surface area contributed by atoms with Gasteiger partial charge in [-0.3, -0.25) is 0 Å². The van der Waals surface area contributed by atoms with E-state index in [-0.39, 0.29) is 6.03 Å². The van der Waals surface area contributed by atoms with Crippen LogP contribution in [0.25, 0.3) is 11.0 Å². The van der Waals surface area contributed by atoms with Crippen LogP contribution in [-0.2, 0) is 11.2 Å². The number of hydrogen-bond acceptors (Lipinski definition) is 5. The van der Waals surface area contributed by atoms with Crippen LogP contribution in [0.4, 0.5) is 10.5 Å². The molecule has 162 valence electrons. The zero-order chi connectivity index (χ0) is 21.2. The number of methoxy groups -OCH3 is 1. The minimum Gasteiger partial charge on any atom is -0.468 e. The molecule has 0 radical (unpaired) electrons. The smallest absolute Gasteiger partial charge is 0.330 e. The second-order valence-corrected chi connectivity index (χ2v) is 8.34. The fraction of sp³-hybridized carbons (Fsp3) is 0.417. The van der Waals surface area contributed by atoms with Crippen molar-refractivity contribution < 1.29 is 14.3 Å². The van der Waals surface area contributed by atoms with E-state index in [9.17, 15) is 4.79 Å². The van der Waals surface area contributed by atoms with E-state index in [0.717, 1.165) is 42.7 Å². The maximum Gasteiger partial charge on any atom is 0.330 e. The number of nitrogens with zero attached hydrogens (tertiary/aromatic N) is 3. The number of benzene rings is 2. The van der Waals surface area contributed by atoms with Crippen LogP contribution in [0.2, 0.25) is 0 Å². The van der Waals surface area contributed by atoms with Crippen molar-refractivity contribution in [3.8, 4) is 6.01 Å². The van der Waals surface area contributed by atoms with Crippen LogP contribution in [0.3, 0.4) is 0 Å². The summed E-state index contributed by atoms with van der Waals surface area (Å²) in [6.45, 7) is 3.78. The lowest BCUT2D eigenvalue weighted by atomic mass is 10.1. The number of fused-ring (bicyclic) bond motifs is 1. The fourth-order valence-corrected chi connectivity index (χ4v) is 4.42. The lowest BCUT2D eigenvalue weighted by molar-refractivity contribution is 0.122. The van der Waals surface area contributed by atoms with Gasteiger partial charge in [0.15, 0.2) is 0 Å². The monoisotopic (exact) mass is 420 g/mol. The summed E-state index contributed by atoms with van der Waals surface area (Å²) in [5.74, 6) is 1.16. The van der Waals surface area contributed by atoms with Gasteiger partial charge in [0.1, 0.15) is 0 Å². The Morgan fingerprint density at radius 1 is 1.16 bits per heavy atom. The second-order valence-electron chi connectivity index (χ2n) is 8.34. The topological polar surface area (TPSA) is 68.6 Å². The molecule has 0 bridgehead atoms. The van der Waals surface area contributed by atoms with E-state index in [1.54, 1.807) is 11.7 Å². The average Bonchev–Trinajstić information content (AvgIpc) is 3.45. The van der Waals surface area contributed by atoms with E-state index in [1.807, 2.05) is 24.3 Å². The van der Waals surface area contributed by atoms with Crippen LogP contribution in [0.1, 0.15) is 12.0 Å². The molecule has 1 saturated carbocycles. The number of hydrogen-bond donors (Lipinski definition) is 1. The van der Waals surface area contributed by atoms with Crippen molar-refractivity contribution in [1.29, 1.82) is 0 Å².